The number of carbonyl (C=O) groups excluding carboxylic acids is 1. The van der Waals surface area contributed by atoms with Gasteiger partial charge in [0.1, 0.15) is 0 Å². The second-order valence-corrected chi connectivity index (χ2v) is 17.3. The molecule has 0 saturated heterocycles. The fourth-order valence-corrected chi connectivity index (χ4v) is 11.4. The Morgan fingerprint density at radius 2 is 1.45 bits per heavy atom. The molecular weight excluding hydrogens is 631 g/mol. The number of rotatable bonds is 7. The van der Waals surface area contributed by atoms with Gasteiger partial charge >= 0.3 is 0 Å². The molecule has 0 aromatic heterocycles. The number of fused-ring (bicyclic) bond motifs is 5. The van der Waals surface area contributed by atoms with E-state index in [4.69, 9.17) is 22.9 Å². The van der Waals surface area contributed by atoms with Gasteiger partial charge in [-0.15, -0.1) is 0 Å². The molecule has 0 radical (unpaired) electrons. The Labute approximate surface area is 308 Å². The summed E-state index contributed by atoms with van der Waals surface area (Å²) in [4.78, 5) is 13.6. The van der Waals surface area contributed by atoms with Crippen LogP contribution in [0.15, 0.2) is 59.7 Å². The number of nitrogen functional groups attached to an aromatic ring is 4. The molecule has 2 aromatic rings. The number of hydrogen-bond donors (Lipinski definition) is 6. The minimum absolute atomic E-state index is 0.0183. The van der Waals surface area contributed by atoms with Crippen LogP contribution in [0.2, 0.25) is 0 Å². The SMILES string of the molecule is CC(C)=CCCC(C)C1CCC2C3CC=C4C(C)(CC(=O)c5cc(N)cc(N)c5)C(O)CCC4(C)C3CCC12C.CN.Cc1cc(N)cc(N)c1. The lowest BCUT2D eigenvalue weighted by Gasteiger charge is -2.61. The summed E-state index contributed by atoms with van der Waals surface area (Å²) in [5.41, 5.74) is 34.3. The van der Waals surface area contributed by atoms with Gasteiger partial charge in [-0.05, 0) is 168 Å². The molecule has 3 saturated carbocycles. The second kappa shape index (κ2) is 16.2. The first-order valence-corrected chi connectivity index (χ1v) is 19.4. The molecule has 4 aliphatic rings. The predicted octanol–water partition coefficient (Wildman–Crippen LogP) is 9.10. The molecule has 51 heavy (non-hydrogen) atoms. The van der Waals surface area contributed by atoms with E-state index < -0.39 is 11.5 Å². The van der Waals surface area contributed by atoms with Gasteiger partial charge < -0.3 is 33.8 Å². The lowest BCUT2D eigenvalue weighted by Crippen LogP contribution is -2.55. The number of carbonyl (C=O) groups is 1. The number of allylic oxidation sites excluding steroid dienone is 3. The summed E-state index contributed by atoms with van der Waals surface area (Å²) >= 11 is 0. The van der Waals surface area contributed by atoms with Crippen LogP contribution in [-0.2, 0) is 0 Å². The fourth-order valence-electron chi connectivity index (χ4n) is 11.4. The van der Waals surface area contributed by atoms with Crippen LogP contribution in [0.4, 0.5) is 22.7 Å². The van der Waals surface area contributed by atoms with Gasteiger partial charge in [-0.2, -0.15) is 0 Å². The average molecular weight is 700 g/mol. The Hall–Kier alpha value is -3.29. The third-order valence-electron chi connectivity index (χ3n) is 13.6. The molecule has 0 amide bonds. The van der Waals surface area contributed by atoms with Crippen molar-refractivity contribution >= 4 is 28.5 Å². The summed E-state index contributed by atoms with van der Waals surface area (Å²) in [6.07, 6.45) is 15.4. The Balaban J connectivity index is 0.000000457. The highest BCUT2D eigenvalue weighted by Gasteiger charge is 2.62. The lowest BCUT2D eigenvalue weighted by atomic mass is 9.43. The van der Waals surface area contributed by atoms with Crippen molar-refractivity contribution in [1.82, 2.24) is 0 Å². The molecule has 4 aliphatic carbocycles. The van der Waals surface area contributed by atoms with E-state index in [0.717, 1.165) is 54.0 Å². The Morgan fingerprint density at radius 1 is 0.863 bits per heavy atom. The summed E-state index contributed by atoms with van der Waals surface area (Å²) in [7, 11) is 1.50. The molecule has 7 nitrogen and oxygen atoms in total. The number of aryl methyl sites for hydroxylation is 1. The van der Waals surface area contributed by atoms with E-state index in [1.807, 2.05) is 19.1 Å². The maximum absolute atomic E-state index is 13.6. The van der Waals surface area contributed by atoms with Crippen LogP contribution in [0.5, 0.6) is 0 Å². The van der Waals surface area contributed by atoms with Crippen LogP contribution >= 0.6 is 0 Å². The summed E-state index contributed by atoms with van der Waals surface area (Å²) < 4.78 is 0. The van der Waals surface area contributed by atoms with Crippen molar-refractivity contribution in [2.75, 3.05) is 30.0 Å². The highest BCUT2D eigenvalue weighted by Crippen LogP contribution is 2.69. The second-order valence-electron chi connectivity index (χ2n) is 17.3. The van der Waals surface area contributed by atoms with Gasteiger partial charge in [0.15, 0.2) is 5.78 Å². The Bertz CT molecular complexity index is 1520. The molecule has 11 N–H and O–H groups in total. The number of hydrogen-bond acceptors (Lipinski definition) is 7. The molecule has 2 aromatic carbocycles. The van der Waals surface area contributed by atoms with Crippen molar-refractivity contribution < 1.29 is 9.90 Å². The largest absolute Gasteiger partial charge is 0.399 e. The smallest absolute Gasteiger partial charge is 0.163 e. The van der Waals surface area contributed by atoms with Crippen molar-refractivity contribution in [2.45, 2.75) is 119 Å². The van der Waals surface area contributed by atoms with Gasteiger partial charge in [0.2, 0.25) is 0 Å². The molecular formula is C44H69N5O2. The zero-order chi connectivity index (χ0) is 37.9. The summed E-state index contributed by atoms with van der Waals surface area (Å²) in [5.74, 6) is 3.75. The Kier molecular flexibility index (Phi) is 12.8. The molecule has 282 valence electrons. The average Bonchev–Trinajstić information content (AvgIpc) is 3.40. The first kappa shape index (κ1) is 40.5. The summed E-state index contributed by atoms with van der Waals surface area (Å²) in [6.45, 7) is 16.2. The highest BCUT2D eigenvalue weighted by molar-refractivity contribution is 5.98. The van der Waals surface area contributed by atoms with Crippen molar-refractivity contribution in [3.8, 4) is 0 Å². The minimum Gasteiger partial charge on any atom is -0.399 e. The maximum atomic E-state index is 13.6. The van der Waals surface area contributed by atoms with E-state index in [0.29, 0.717) is 40.6 Å². The first-order chi connectivity index (χ1) is 24.0. The lowest BCUT2D eigenvalue weighted by molar-refractivity contribution is -0.0812. The molecule has 7 heteroatoms. The first-order valence-electron chi connectivity index (χ1n) is 19.4. The fraction of sp³-hybridized carbons (Fsp3) is 0.614. The highest BCUT2D eigenvalue weighted by atomic mass is 16.3. The minimum atomic E-state index is -0.563. The summed E-state index contributed by atoms with van der Waals surface area (Å²) in [6, 6.07) is 10.6. The van der Waals surface area contributed by atoms with Crippen LogP contribution in [0.25, 0.3) is 0 Å². The zero-order valence-corrected chi connectivity index (χ0v) is 32.9. The van der Waals surface area contributed by atoms with Gasteiger partial charge in [0, 0.05) is 40.1 Å². The molecule has 9 unspecified atom stereocenters. The van der Waals surface area contributed by atoms with Gasteiger partial charge in [0.05, 0.1) is 6.10 Å². The number of aliphatic hydroxyl groups excluding tert-OH is 1. The zero-order valence-electron chi connectivity index (χ0n) is 32.9. The molecule has 0 heterocycles. The van der Waals surface area contributed by atoms with E-state index >= 15 is 0 Å². The van der Waals surface area contributed by atoms with Crippen molar-refractivity contribution in [3.63, 3.8) is 0 Å². The third kappa shape index (κ3) is 8.36. The number of anilines is 4. The number of benzene rings is 2. The number of aliphatic hydroxyl groups is 1. The number of nitrogens with two attached hydrogens (primary N) is 5. The van der Waals surface area contributed by atoms with E-state index in [2.05, 4.69) is 59.4 Å². The van der Waals surface area contributed by atoms with Crippen LogP contribution in [0.1, 0.15) is 122 Å². The van der Waals surface area contributed by atoms with Gasteiger partial charge in [-0.25, -0.2) is 0 Å². The molecule has 0 bridgehead atoms. The van der Waals surface area contributed by atoms with Crippen LogP contribution < -0.4 is 28.7 Å². The molecule has 9 atom stereocenters. The quantitative estimate of drug-likeness (QED) is 0.0952. The van der Waals surface area contributed by atoms with E-state index in [-0.39, 0.29) is 11.2 Å². The van der Waals surface area contributed by atoms with Crippen LogP contribution in [0, 0.1) is 52.8 Å². The molecule has 0 spiro atoms. The standard InChI is InChI=1S/C36H54N2O2.C7H10N2.CH5N/c1-22(2)8-7-9-23(3)28-11-12-29-27-10-13-32-35(5,30(27)14-16-34(28,29)4)17-15-33(40)36(32,6)21-31(39)24-18-25(37)20-26(38)19-24;1-5-2-6(8)4-7(9)3-5;1-2/h8,13,18-20,23,27-30,33,40H,7,9-12,14-17,21,37-38H2,1-6H3;2-4H,8-9H2,1H3;2H2,1H3. The number of Topliss-reactive ketones (excluding diaryl/α,β-unsaturated/α-hetero) is 1. The van der Waals surface area contributed by atoms with Crippen molar-refractivity contribution in [1.29, 1.82) is 0 Å². The van der Waals surface area contributed by atoms with E-state index in [1.54, 1.807) is 24.3 Å². The molecule has 6 rings (SSSR count). The number of ketones is 1. The van der Waals surface area contributed by atoms with E-state index in [9.17, 15) is 9.90 Å². The van der Waals surface area contributed by atoms with Crippen molar-refractivity contribution in [3.05, 3.63) is 70.8 Å². The third-order valence-corrected chi connectivity index (χ3v) is 13.6. The molecule has 3 fully saturated rings. The van der Waals surface area contributed by atoms with Gasteiger partial charge in [-0.3, -0.25) is 4.79 Å². The van der Waals surface area contributed by atoms with E-state index in [1.165, 1.54) is 56.7 Å². The van der Waals surface area contributed by atoms with Gasteiger partial charge in [-0.1, -0.05) is 51.0 Å². The monoisotopic (exact) mass is 700 g/mol. The summed E-state index contributed by atoms with van der Waals surface area (Å²) in [5, 5.41) is 11.4. The predicted molar refractivity (Wildman–Crippen MR) is 217 cm³/mol. The topological polar surface area (TPSA) is 167 Å². The van der Waals surface area contributed by atoms with Crippen LogP contribution in [0.3, 0.4) is 0 Å². The normalized spacial score (nSPS) is 32.7. The Morgan fingerprint density at radius 3 is 2.02 bits per heavy atom. The van der Waals surface area contributed by atoms with Gasteiger partial charge in [0.25, 0.3) is 0 Å². The maximum Gasteiger partial charge on any atom is 0.163 e. The van der Waals surface area contributed by atoms with Crippen molar-refractivity contribution in [2.24, 2.45) is 51.6 Å². The molecule has 0 aliphatic heterocycles. The van der Waals surface area contributed by atoms with Crippen LogP contribution in [-0.4, -0.2) is 24.0 Å².